The number of hydrogen-bond acceptors (Lipinski definition) is 4. The molecule has 116 valence electrons. The molecule has 4 nitrogen and oxygen atoms in total. The maximum atomic E-state index is 4.66. The number of halogens is 1. The van der Waals surface area contributed by atoms with Gasteiger partial charge >= 0.3 is 0 Å². The lowest BCUT2D eigenvalue weighted by molar-refractivity contribution is 0.314. The Morgan fingerprint density at radius 2 is 2.24 bits per heavy atom. The maximum Gasteiger partial charge on any atom is 0.132 e. The van der Waals surface area contributed by atoms with Crippen LogP contribution in [0.15, 0.2) is 16.7 Å². The van der Waals surface area contributed by atoms with E-state index in [1.54, 1.807) is 0 Å². The highest BCUT2D eigenvalue weighted by Gasteiger charge is 2.24. The average Bonchev–Trinajstić information content (AvgIpc) is 3.20. The molecule has 1 saturated heterocycles. The van der Waals surface area contributed by atoms with E-state index in [1.165, 1.54) is 37.8 Å². The molecule has 1 aromatic rings. The average molecular weight is 353 g/mol. The molecule has 2 aliphatic rings. The van der Waals surface area contributed by atoms with Gasteiger partial charge in [0.05, 0.1) is 0 Å². The normalized spacial score (nSPS) is 22.7. The number of likely N-dealkylation sites (tertiary alicyclic amines) is 1. The fourth-order valence-electron chi connectivity index (χ4n) is 3.10. The van der Waals surface area contributed by atoms with Crippen molar-refractivity contribution in [3.05, 3.63) is 22.3 Å². The Morgan fingerprint density at radius 1 is 1.43 bits per heavy atom. The summed E-state index contributed by atoms with van der Waals surface area (Å²) >= 11 is 3.55. The number of pyridine rings is 1. The van der Waals surface area contributed by atoms with Crippen LogP contribution in [0.1, 0.15) is 31.2 Å². The highest BCUT2D eigenvalue weighted by atomic mass is 79.9. The summed E-state index contributed by atoms with van der Waals surface area (Å²) in [6, 6.07) is 3.58. The molecule has 1 atom stereocenters. The Labute approximate surface area is 136 Å². The van der Waals surface area contributed by atoms with Gasteiger partial charge in [-0.2, -0.15) is 0 Å². The van der Waals surface area contributed by atoms with Crippen LogP contribution in [0, 0.1) is 0 Å². The minimum absolute atomic E-state index is 0.657. The van der Waals surface area contributed by atoms with Gasteiger partial charge in [0.1, 0.15) is 5.82 Å². The number of aromatic nitrogens is 1. The molecule has 0 spiro atoms. The highest BCUT2D eigenvalue weighted by Crippen LogP contribution is 2.25. The van der Waals surface area contributed by atoms with Gasteiger partial charge in [-0.1, -0.05) is 0 Å². The van der Waals surface area contributed by atoms with E-state index in [1.807, 2.05) is 6.20 Å². The van der Waals surface area contributed by atoms with Crippen molar-refractivity contribution in [2.75, 3.05) is 32.1 Å². The molecule has 1 N–H and O–H groups in total. The first-order valence-corrected chi connectivity index (χ1v) is 8.72. The number of nitrogens with zero attached hydrogens (tertiary/aromatic N) is 3. The number of rotatable bonds is 6. The Hall–Kier alpha value is -0.650. The number of nitrogens with one attached hydrogen (secondary N) is 1. The molecule has 0 amide bonds. The molecular weight excluding hydrogens is 328 g/mol. The monoisotopic (exact) mass is 352 g/mol. The summed E-state index contributed by atoms with van der Waals surface area (Å²) in [4.78, 5) is 9.46. The summed E-state index contributed by atoms with van der Waals surface area (Å²) in [6.07, 6.45) is 7.16. The van der Waals surface area contributed by atoms with Gasteiger partial charge in [-0.3, -0.25) is 0 Å². The van der Waals surface area contributed by atoms with E-state index in [-0.39, 0.29) is 0 Å². The van der Waals surface area contributed by atoms with Crippen LogP contribution in [0.4, 0.5) is 5.82 Å². The molecule has 1 aromatic heterocycles. The van der Waals surface area contributed by atoms with Crippen LogP contribution in [0.3, 0.4) is 0 Å². The first-order valence-electron chi connectivity index (χ1n) is 7.92. The summed E-state index contributed by atoms with van der Waals surface area (Å²) in [5.41, 5.74) is 1.29. The Bertz CT molecular complexity index is 489. The second-order valence-electron chi connectivity index (χ2n) is 6.45. The largest absolute Gasteiger partial charge is 0.358 e. The fraction of sp³-hybridized carbons (Fsp3) is 0.688. The van der Waals surface area contributed by atoms with Gasteiger partial charge in [-0.25, -0.2) is 4.98 Å². The van der Waals surface area contributed by atoms with Gasteiger partial charge < -0.3 is 15.1 Å². The number of hydrogen-bond donors (Lipinski definition) is 1. The van der Waals surface area contributed by atoms with E-state index in [4.69, 9.17) is 0 Å². The van der Waals surface area contributed by atoms with Crippen LogP contribution >= 0.6 is 15.9 Å². The van der Waals surface area contributed by atoms with Crippen LogP contribution in [-0.4, -0.2) is 49.2 Å². The lowest BCUT2D eigenvalue weighted by Gasteiger charge is -2.28. The molecule has 0 aromatic carbocycles. The van der Waals surface area contributed by atoms with Crippen LogP contribution < -0.4 is 10.2 Å². The van der Waals surface area contributed by atoms with Gasteiger partial charge in [0.15, 0.2) is 0 Å². The third-order valence-electron chi connectivity index (χ3n) is 4.59. The van der Waals surface area contributed by atoms with E-state index in [9.17, 15) is 0 Å². The molecule has 1 unspecified atom stereocenters. The van der Waals surface area contributed by atoms with E-state index >= 15 is 0 Å². The van der Waals surface area contributed by atoms with Crippen LogP contribution in [0.2, 0.25) is 0 Å². The highest BCUT2D eigenvalue weighted by molar-refractivity contribution is 9.10. The van der Waals surface area contributed by atoms with E-state index in [0.29, 0.717) is 6.04 Å². The van der Waals surface area contributed by atoms with Gasteiger partial charge in [0.25, 0.3) is 0 Å². The molecule has 5 heteroatoms. The Balaban J connectivity index is 1.69. The first-order chi connectivity index (χ1) is 10.1. The van der Waals surface area contributed by atoms with Gasteiger partial charge in [0, 0.05) is 48.5 Å². The zero-order chi connectivity index (χ0) is 14.8. The van der Waals surface area contributed by atoms with Crippen molar-refractivity contribution in [2.24, 2.45) is 0 Å². The molecule has 2 heterocycles. The van der Waals surface area contributed by atoms with Crippen LogP contribution in [-0.2, 0) is 6.54 Å². The minimum atomic E-state index is 0.657. The van der Waals surface area contributed by atoms with Crippen LogP contribution in [0.5, 0.6) is 0 Å². The van der Waals surface area contributed by atoms with Crippen molar-refractivity contribution in [1.82, 2.24) is 15.2 Å². The fourth-order valence-corrected chi connectivity index (χ4v) is 3.48. The van der Waals surface area contributed by atoms with Gasteiger partial charge in [-0.05, 0) is 61.3 Å². The summed E-state index contributed by atoms with van der Waals surface area (Å²) in [7, 11) is 4.40. The third kappa shape index (κ3) is 3.96. The smallest absolute Gasteiger partial charge is 0.132 e. The Morgan fingerprint density at radius 3 is 2.90 bits per heavy atom. The van der Waals surface area contributed by atoms with Crippen molar-refractivity contribution in [2.45, 2.75) is 44.3 Å². The standard InChI is InChI=1S/C16H25BrN4/c1-20-7-3-4-15(20)11-21(2)16-12(8-13(17)10-19-16)9-18-14-5-6-14/h8,10,14-15,18H,3-7,9,11H2,1-2H3. The first kappa shape index (κ1) is 15.3. The van der Waals surface area contributed by atoms with Crippen LogP contribution in [0.25, 0.3) is 0 Å². The lowest BCUT2D eigenvalue weighted by Crippen LogP contribution is -2.37. The van der Waals surface area contributed by atoms with Crippen molar-refractivity contribution < 1.29 is 0 Å². The topological polar surface area (TPSA) is 31.4 Å². The Kier molecular flexibility index (Phi) is 4.82. The summed E-state index contributed by atoms with van der Waals surface area (Å²) in [5, 5.41) is 3.60. The predicted octanol–water partition coefficient (Wildman–Crippen LogP) is 2.63. The molecular formula is C16H25BrN4. The third-order valence-corrected chi connectivity index (χ3v) is 5.02. The predicted molar refractivity (Wildman–Crippen MR) is 90.7 cm³/mol. The molecule has 1 saturated carbocycles. The summed E-state index contributed by atoms with van der Waals surface area (Å²) < 4.78 is 1.06. The second kappa shape index (κ2) is 6.63. The molecule has 21 heavy (non-hydrogen) atoms. The molecule has 1 aliphatic heterocycles. The van der Waals surface area contributed by atoms with Gasteiger partial charge in [0.2, 0.25) is 0 Å². The second-order valence-corrected chi connectivity index (χ2v) is 7.36. The van der Waals surface area contributed by atoms with E-state index in [0.717, 1.165) is 29.4 Å². The summed E-state index contributed by atoms with van der Waals surface area (Å²) in [6.45, 7) is 3.20. The molecule has 3 rings (SSSR count). The van der Waals surface area contributed by atoms with Crippen molar-refractivity contribution in [3.8, 4) is 0 Å². The maximum absolute atomic E-state index is 4.66. The molecule has 0 bridgehead atoms. The minimum Gasteiger partial charge on any atom is -0.358 e. The van der Waals surface area contributed by atoms with Crippen molar-refractivity contribution in [3.63, 3.8) is 0 Å². The SMILES string of the molecule is CN(CC1CCCN1C)c1ncc(Br)cc1CNC1CC1. The van der Waals surface area contributed by atoms with Gasteiger partial charge in [-0.15, -0.1) is 0 Å². The number of anilines is 1. The van der Waals surface area contributed by atoms with E-state index in [2.05, 4.69) is 56.2 Å². The summed E-state index contributed by atoms with van der Waals surface area (Å²) in [5.74, 6) is 1.12. The van der Waals surface area contributed by atoms with Crippen molar-refractivity contribution >= 4 is 21.7 Å². The molecule has 0 radical (unpaired) electrons. The van der Waals surface area contributed by atoms with Crippen molar-refractivity contribution in [1.29, 1.82) is 0 Å². The molecule has 2 fully saturated rings. The lowest BCUT2D eigenvalue weighted by atomic mass is 10.2. The zero-order valence-electron chi connectivity index (χ0n) is 13.0. The van der Waals surface area contributed by atoms with E-state index < -0.39 is 0 Å². The quantitative estimate of drug-likeness (QED) is 0.852. The zero-order valence-corrected chi connectivity index (χ0v) is 14.6. The number of likely N-dealkylation sites (N-methyl/N-ethyl adjacent to an activating group) is 2. The molecule has 1 aliphatic carbocycles.